The minimum absolute atomic E-state index is 0.231. The first-order chi connectivity index (χ1) is 8.03. The molecule has 3 rings (SSSR count). The molecule has 3 heteroatoms. The molecular weight excluding hydrogens is 214 g/mol. The van der Waals surface area contributed by atoms with E-state index in [1.54, 1.807) is 0 Å². The molecule has 0 amide bonds. The smallest absolute Gasteiger partial charge is 0.0923 e. The fraction of sp³-hybridized carbons (Fsp3) is 1.00. The van der Waals surface area contributed by atoms with E-state index < -0.39 is 5.60 Å². The van der Waals surface area contributed by atoms with Gasteiger partial charge in [-0.15, -0.1) is 0 Å². The van der Waals surface area contributed by atoms with Gasteiger partial charge in [0.05, 0.1) is 11.2 Å². The Morgan fingerprint density at radius 2 is 2.00 bits per heavy atom. The van der Waals surface area contributed by atoms with Crippen LogP contribution in [0.5, 0.6) is 0 Å². The van der Waals surface area contributed by atoms with Crippen LogP contribution in [-0.2, 0) is 4.74 Å². The first-order valence-corrected chi connectivity index (χ1v) is 7.13. The minimum atomic E-state index is -0.426. The van der Waals surface area contributed by atoms with Crippen molar-refractivity contribution in [1.82, 2.24) is 4.90 Å². The lowest BCUT2D eigenvalue weighted by atomic mass is 9.72. The molecule has 3 nitrogen and oxygen atoms in total. The monoisotopic (exact) mass is 239 g/mol. The van der Waals surface area contributed by atoms with Gasteiger partial charge in [0, 0.05) is 25.7 Å². The molecule has 2 saturated heterocycles. The van der Waals surface area contributed by atoms with Gasteiger partial charge in [-0.05, 0) is 38.0 Å². The van der Waals surface area contributed by atoms with E-state index in [2.05, 4.69) is 18.7 Å². The first-order valence-electron chi connectivity index (χ1n) is 7.13. The second kappa shape index (κ2) is 3.94. The third-order valence-electron chi connectivity index (χ3n) is 5.28. The zero-order valence-electron chi connectivity index (χ0n) is 11.1. The molecule has 1 aliphatic carbocycles. The summed E-state index contributed by atoms with van der Waals surface area (Å²) < 4.78 is 5.96. The van der Waals surface area contributed by atoms with Crippen LogP contribution in [0.4, 0.5) is 0 Å². The predicted octanol–water partition coefficient (Wildman–Crippen LogP) is 1.79. The standard InChI is InChI=1S/C14H25NO2/c1-11(2)14(16)9-15(10-14)12-4-7-17-13(8-12)5-3-6-13/h11-12,16H,3-10H2,1-2H3. The zero-order valence-corrected chi connectivity index (χ0v) is 11.1. The quantitative estimate of drug-likeness (QED) is 0.797. The number of hydrogen-bond donors (Lipinski definition) is 1. The van der Waals surface area contributed by atoms with E-state index in [1.165, 1.54) is 25.7 Å². The largest absolute Gasteiger partial charge is 0.387 e. The van der Waals surface area contributed by atoms with Gasteiger partial charge in [-0.2, -0.15) is 0 Å². The number of rotatable bonds is 2. The predicted molar refractivity (Wildman–Crippen MR) is 66.9 cm³/mol. The Morgan fingerprint density at radius 3 is 2.53 bits per heavy atom. The Morgan fingerprint density at radius 1 is 1.29 bits per heavy atom. The molecule has 98 valence electrons. The Balaban J connectivity index is 1.56. The third kappa shape index (κ3) is 1.92. The molecule has 3 aliphatic rings. The molecule has 1 atom stereocenters. The average Bonchev–Trinajstić information content (AvgIpc) is 2.22. The summed E-state index contributed by atoms with van der Waals surface area (Å²) in [6, 6.07) is 0.656. The number of nitrogens with zero attached hydrogens (tertiary/aromatic N) is 1. The molecule has 17 heavy (non-hydrogen) atoms. The molecule has 3 fully saturated rings. The minimum Gasteiger partial charge on any atom is -0.387 e. The summed E-state index contributed by atoms with van der Waals surface area (Å²) in [7, 11) is 0. The summed E-state index contributed by atoms with van der Waals surface area (Å²) in [4.78, 5) is 2.47. The summed E-state index contributed by atoms with van der Waals surface area (Å²) in [6.07, 6.45) is 6.19. The molecule has 2 heterocycles. The molecule has 0 aromatic rings. The number of aliphatic hydroxyl groups is 1. The maximum absolute atomic E-state index is 10.3. The highest BCUT2D eigenvalue weighted by atomic mass is 16.5. The maximum atomic E-state index is 10.3. The maximum Gasteiger partial charge on any atom is 0.0923 e. The number of hydrogen-bond acceptors (Lipinski definition) is 3. The van der Waals surface area contributed by atoms with E-state index in [-0.39, 0.29) is 5.60 Å². The highest BCUT2D eigenvalue weighted by Crippen LogP contribution is 2.45. The first kappa shape index (κ1) is 11.9. The van der Waals surface area contributed by atoms with Gasteiger partial charge in [0.2, 0.25) is 0 Å². The van der Waals surface area contributed by atoms with Crippen LogP contribution in [0.1, 0.15) is 46.0 Å². The lowest BCUT2D eigenvalue weighted by Crippen LogP contribution is -2.68. The average molecular weight is 239 g/mol. The van der Waals surface area contributed by atoms with Gasteiger partial charge < -0.3 is 9.84 Å². The highest BCUT2D eigenvalue weighted by molar-refractivity contribution is 5.04. The zero-order chi connectivity index (χ0) is 12.1. The van der Waals surface area contributed by atoms with Crippen molar-refractivity contribution in [3.8, 4) is 0 Å². The van der Waals surface area contributed by atoms with Crippen LogP contribution < -0.4 is 0 Å². The van der Waals surface area contributed by atoms with E-state index in [0.29, 0.717) is 12.0 Å². The molecular formula is C14H25NO2. The van der Waals surface area contributed by atoms with Gasteiger partial charge in [0.1, 0.15) is 0 Å². The lowest BCUT2D eigenvalue weighted by molar-refractivity contribution is -0.190. The summed E-state index contributed by atoms with van der Waals surface area (Å²) in [5.41, 5.74) is -0.195. The molecule has 1 saturated carbocycles. The summed E-state index contributed by atoms with van der Waals surface area (Å²) in [5, 5.41) is 10.3. The van der Waals surface area contributed by atoms with E-state index in [0.717, 1.165) is 26.1 Å². The highest BCUT2D eigenvalue weighted by Gasteiger charge is 2.50. The molecule has 1 unspecified atom stereocenters. The number of β-amino-alcohol motifs (C(OH)–C–C–N with tert-alkyl or cyclic N) is 1. The van der Waals surface area contributed by atoms with Gasteiger partial charge in [-0.1, -0.05) is 13.8 Å². The SMILES string of the molecule is CC(C)C1(O)CN(C2CCOC3(CCC3)C2)C1. The number of likely N-dealkylation sites (tertiary alicyclic amines) is 1. The van der Waals surface area contributed by atoms with Crippen LogP contribution in [0.25, 0.3) is 0 Å². The molecule has 1 N–H and O–H groups in total. The Kier molecular flexibility index (Phi) is 2.77. The third-order valence-corrected chi connectivity index (χ3v) is 5.28. The fourth-order valence-electron chi connectivity index (χ4n) is 3.51. The van der Waals surface area contributed by atoms with Crippen molar-refractivity contribution < 1.29 is 9.84 Å². The van der Waals surface area contributed by atoms with Crippen LogP contribution in [0.3, 0.4) is 0 Å². The topological polar surface area (TPSA) is 32.7 Å². The van der Waals surface area contributed by atoms with Crippen molar-refractivity contribution in [3.63, 3.8) is 0 Å². The van der Waals surface area contributed by atoms with Crippen LogP contribution >= 0.6 is 0 Å². The van der Waals surface area contributed by atoms with E-state index in [9.17, 15) is 5.11 Å². The van der Waals surface area contributed by atoms with E-state index >= 15 is 0 Å². The molecule has 0 bridgehead atoms. The van der Waals surface area contributed by atoms with Crippen LogP contribution in [-0.4, -0.2) is 46.9 Å². The second-order valence-electron chi connectivity index (χ2n) is 6.69. The summed E-state index contributed by atoms with van der Waals surface area (Å²) in [6.45, 7) is 6.89. The normalized spacial score (nSPS) is 35.6. The van der Waals surface area contributed by atoms with Gasteiger partial charge in [0.15, 0.2) is 0 Å². The van der Waals surface area contributed by atoms with Crippen LogP contribution in [0.2, 0.25) is 0 Å². The molecule has 2 aliphatic heterocycles. The Labute approximate surface area is 104 Å². The molecule has 0 aromatic heterocycles. The molecule has 0 radical (unpaired) electrons. The van der Waals surface area contributed by atoms with Gasteiger partial charge >= 0.3 is 0 Å². The fourth-order valence-corrected chi connectivity index (χ4v) is 3.51. The van der Waals surface area contributed by atoms with Crippen LogP contribution in [0.15, 0.2) is 0 Å². The van der Waals surface area contributed by atoms with E-state index in [4.69, 9.17) is 4.74 Å². The Bertz CT molecular complexity index is 293. The van der Waals surface area contributed by atoms with Crippen molar-refractivity contribution in [2.75, 3.05) is 19.7 Å². The van der Waals surface area contributed by atoms with E-state index in [1.807, 2.05) is 0 Å². The van der Waals surface area contributed by atoms with Crippen molar-refractivity contribution in [1.29, 1.82) is 0 Å². The Hall–Kier alpha value is -0.120. The van der Waals surface area contributed by atoms with Crippen molar-refractivity contribution in [3.05, 3.63) is 0 Å². The summed E-state index contributed by atoms with van der Waals surface area (Å²) in [5.74, 6) is 0.372. The molecule has 1 spiro atoms. The van der Waals surface area contributed by atoms with Crippen molar-refractivity contribution in [2.24, 2.45) is 5.92 Å². The van der Waals surface area contributed by atoms with Gasteiger partial charge in [-0.25, -0.2) is 0 Å². The number of ether oxygens (including phenoxy) is 1. The van der Waals surface area contributed by atoms with Crippen molar-refractivity contribution in [2.45, 2.75) is 63.2 Å². The van der Waals surface area contributed by atoms with Crippen LogP contribution in [0, 0.1) is 5.92 Å². The second-order valence-corrected chi connectivity index (χ2v) is 6.69. The van der Waals surface area contributed by atoms with Crippen molar-refractivity contribution >= 4 is 0 Å². The van der Waals surface area contributed by atoms with Gasteiger partial charge in [0.25, 0.3) is 0 Å². The lowest BCUT2D eigenvalue weighted by Gasteiger charge is -2.56. The van der Waals surface area contributed by atoms with Gasteiger partial charge in [-0.3, -0.25) is 4.90 Å². The summed E-state index contributed by atoms with van der Waals surface area (Å²) >= 11 is 0. The molecule has 0 aromatic carbocycles.